The summed E-state index contributed by atoms with van der Waals surface area (Å²) in [6.45, 7) is 3.64. The molecule has 2 N–H and O–H groups in total. The first-order chi connectivity index (χ1) is 9.88. The lowest BCUT2D eigenvalue weighted by molar-refractivity contribution is -0.385. The zero-order valence-electron chi connectivity index (χ0n) is 11.4. The molecule has 110 valence electrons. The molecule has 0 saturated carbocycles. The van der Waals surface area contributed by atoms with Crippen LogP contribution in [-0.2, 0) is 0 Å². The number of aromatic nitrogens is 1. The number of nitro groups is 1. The molecule has 1 aromatic carbocycles. The van der Waals surface area contributed by atoms with Crippen LogP contribution in [0.3, 0.4) is 0 Å². The second-order valence-electron chi connectivity index (χ2n) is 4.46. The summed E-state index contributed by atoms with van der Waals surface area (Å²) >= 11 is 1.44. The maximum absolute atomic E-state index is 12.2. The van der Waals surface area contributed by atoms with Crippen molar-refractivity contribution in [2.24, 2.45) is 0 Å². The van der Waals surface area contributed by atoms with Gasteiger partial charge in [0.15, 0.2) is 0 Å². The molecule has 1 unspecified atom stereocenters. The van der Waals surface area contributed by atoms with E-state index in [4.69, 9.17) is 0 Å². The van der Waals surface area contributed by atoms with Crippen LogP contribution in [0.15, 0.2) is 24.4 Å². The smallest absolute Gasteiger partial charge is 0.282 e. The minimum Gasteiger partial charge on any atom is -0.508 e. The van der Waals surface area contributed by atoms with Crippen LogP contribution in [0, 0.1) is 17.0 Å². The minimum absolute atomic E-state index is 0.180. The van der Waals surface area contributed by atoms with Crippen molar-refractivity contribution in [2.45, 2.75) is 19.9 Å². The van der Waals surface area contributed by atoms with Gasteiger partial charge in [0.2, 0.25) is 0 Å². The van der Waals surface area contributed by atoms with Gasteiger partial charge < -0.3 is 10.4 Å². The first kappa shape index (κ1) is 14.9. The van der Waals surface area contributed by atoms with E-state index in [0.717, 1.165) is 17.0 Å². The highest BCUT2D eigenvalue weighted by Crippen LogP contribution is 2.25. The number of nitrogens with zero attached hydrogens (tertiary/aromatic N) is 2. The van der Waals surface area contributed by atoms with E-state index in [0.29, 0.717) is 5.01 Å². The van der Waals surface area contributed by atoms with E-state index in [1.165, 1.54) is 17.4 Å². The zero-order chi connectivity index (χ0) is 15.6. The van der Waals surface area contributed by atoms with E-state index in [2.05, 4.69) is 10.3 Å². The summed E-state index contributed by atoms with van der Waals surface area (Å²) in [5, 5.41) is 23.7. The van der Waals surface area contributed by atoms with E-state index in [-0.39, 0.29) is 23.0 Å². The highest BCUT2D eigenvalue weighted by Gasteiger charge is 2.23. The van der Waals surface area contributed by atoms with Gasteiger partial charge in [-0.05, 0) is 26.0 Å². The Labute approximate surface area is 124 Å². The van der Waals surface area contributed by atoms with E-state index >= 15 is 0 Å². The van der Waals surface area contributed by atoms with Crippen LogP contribution in [0.1, 0.15) is 33.2 Å². The van der Waals surface area contributed by atoms with Crippen LogP contribution < -0.4 is 5.32 Å². The number of nitrogens with one attached hydrogen (secondary N) is 1. The number of carbonyl (C=O) groups is 1. The largest absolute Gasteiger partial charge is 0.508 e. The van der Waals surface area contributed by atoms with Crippen molar-refractivity contribution in [1.82, 2.24) is 10.3 Å². The molecule has 7 nitrogen and oxygen atoms in total. The van der Waals surface area contributed by atoms with Gasteiger partial charge in [-0.2, -0.15) is 0 Å². The molecule has 2 rings (SSSR count). The molecule has 0 fully saturated rings. The second-order valence-corrected chi connectivity index (χ2v) is 5.73. The molecule has 1 aromatic heterocycles. The topological polar surface area (TPSA) is 105 Å². The number of aromatic hydroxyl groups is 1. The minimum atomic E-state index is -0.660. The third kappa shape index (κ3) is 3.34. The van der Waals surface area contributed by atoms with E-state index in [9.17, 15) is 20.0 Å². The average molecular weight is 307 g/mol. The molecule has 0 spiro atoms. The van der Waals surface area contributed by atoms with Crippen molar-refractivity contribution in [3.05, 3.63) is 50.0 Å². The lowest BCUT2D eigenvalue weighted by Gasteiger charge is -2.11. The summed E-state index contributed by atoms with van der Waals surface area (Å²) in [6.07, 6.45) is 1.69. The molecule has 1 amide bonds. The summed E-state index contributed by atoms with van der Waals surface area (Å²) in [7, 11) is 0. The van der Waals surface area contributed by atoms with Gasteiger partial charge >= 0.3 is 0 Å². The Morgan fingerprint density at radius 3 is 2.81 bits per heavy atom. The number of rotatable bonds is 4. The molecule has 1 heterocycles. The monoisotopic (exact) mass is 307 g/mol. The normalized spacial score (nSPS) is 11.9. The van der Waals surface area contributed by atoms with Gasteiger partial charge in [0.25, 0.3) is 11.6 Å². The molecule has 0 aliphatic heterocycles. The van der Waals surface area contributed by atoms with Crippen LogP contribution in [0.25, 0.3) is 0 Å². The molecule has 0 radical (unpaired) electrons. The third-order valence-corrected chi connectivity index (χ3v) is 3.87. The predicted octanol–water partition coefficient (Wildman–Crippen LogP) is 2.56. The maximum Gasteiger partial charge on any atom is 0.282 e. The van der Waals surface area contributed by atoms with E-state index in [1.807, 2.05) is 6.92 Å². The molecule has 0 aliphatic carbocycles. The Balaban J connectivity index is 2.24. The first-order valence-corrected chi connectivity index (χ1v) is 6.90. The molecule has 0 saturated heterocycles. The Morgan fingerprint density at radius 1 is 1.52 bits per heavy atom. The van der Waals surface area contributed by atoms with E-state index < -0.39 is 10.8 Å². The molecule has 8 heteroatoms. The fourth-order valence-corrected chi connectivity index (χ4v) is 2.55. The first-order valence-electron chi connectivity index (χ1n) is 6.09. The number of amides is 1. The second kappa shape index (κ2) is 5.88. The van der Waals surface area contributed by atoms with Crippen LogP contribution in [-0.4, -0.2) is 20.9 Å². The van der Waals surface area contributed by atoms with Gasteiger partial charge in [0, 0.05) is 17.1 Å². The van der Waals surface area contributed by atoms with Crippen molar-refractivity contribution >= 4 is 22.9 Å². The number of carbonyl (C=O) groups excluding carboxylic acids is 1. The number of hydrogen-bond donors (Lipinski definition) is 2. The van der Waals surface area contributed by atoms with Crippen LogP contribution >= 0.6 is 11.3 Å². The van der Waals surface area contributed by atoms with Gasteiger partial charge in [-0.25, -0.2) is 4.98 Å². The number of hydrogen-bond acceptors (Lipinski definition) is 6. The molecule has 0 aliphatic rings. The highest BCUT2D eigenvalue weighted by molar-refractivity contribution is 7.11. The van der Waals surface area contributed by atoms with Crippen molar-refractivity contribution in [2.75, 3.05) is 0 Å². The van der Waals surface area contributed by atoms with Crippen molar-refractivity contribution in [1.29, 1.82) is 0 Å². The van der Waals surface area contributed by atoms with E-state index in [1.54, 1.807) is 13.1 Å². The van der Waals surface area contributed by atoms with Crippen LogP contribution in [0.5, 0.6) is 5.75 Å². The SMILES string of the molecule is Cc1cnc(C(C)NC(=O)c2cc(O)ccc2[N+](=O)[O-])s1. The number of nitro benzene ring substituents is 1. The Hall–Kier alpha value is -2.48. The fraction of sp³-hybridized carbons (Fsp3) is 0.231. The standard InChI is InChI=1S/C13H13N3O4S/c1-7-6-14-13(21-7)8(2)15-12(18)10-5-9(17)3-4-11(10)16(19)20/h3-6,8,17H,1-2H3,(H,15,18). The van der Waals surface area contributed by atoms with Crippen molar-refractivity contribution < 1.29 is 14.8 Å². The van der Waals surface area contributed by atoms with Crippen molar-refractivity contribution in [3.8, 4) is 5.75 Å². The quantitative estimate of drug-likeness (QED) is 0.667. The Morgan fingerprint density at radius 2 is 2.24 bits per heavy atom. The maximum atomic E-state index is 12.2. The number of benzene rings is 1. The van der Waals surface area contributed by atoms with Gasteiger partial charge in [-0.15, -0.1) is 11.3 Å². The third-order valence-electron chi connectivity index (χ3n) is 2.78. The lowest BCUT2D eigenvalue weighted by atomic mass is 10.1. The van der Waals surface area contributed by atoms with Gasteiger partial charge in [-0.3, -0.25) is 14.9 Å². The summed E-state index contributed by atoms with van der Waals surface area (Å²) < 4.78 is 0. The van der Waals surface area contributed by atoms with Gasteiger partial charge in [0.1, 0.15) is 16.3 Å². The van der Waals surface area contributed by atoms with Gasteiger partial charge in [-0.1, -0.05) is 0 Å². The fourth-order valence-electron chi connectivity index (χ4n) is 1.77. The van der Waals surface area contributed by atoms with Gasteiger partial charge in [0.05, 0.1) is 11.0 Å². The summed E-state index contributed by atoms with van der Waals surface area (Å²) in [6, 6.07) is 2.97. The number of thiazole rings is 1. The molecular formula is C13H13N3O4S. The zero-order valence-corrected chi connectivity index (χ0v) is 12.2. The Bertz CT molecular complexity index is 698. The molecule has 21 heavy (non-hydrogen) atoms. The summed E-state index contributed by atoms with van der Waals surface area (Å²) in [5.74, 6) is -0.832. The summed E-state index contributed by atoms with van der Waals surface area (Å²) in [5.41, 5.74) is -0.534. The lowest BCUT2D eigenvalue weighted by Crippen LogP contribution is -2.27. The molecule has 1 atom stereocenters. The molecule has 0 bridgehead atoms. The number of phenolic OH excluding ortho intramolecular Hbond substituents is 1. The average Bonchev–Trinajstić information content (AvgIpc) is 2.85. The molecular weight excluding hydrogens is 294 g/mol. The summed E-state index contributed by atoms with van der Waals surface area (Å²) in [4.78, 5) is 27.6. The van der Waals surface area contributed by atoms with Crippen LogP contribution in [0.4, 0.5) is 5.69 Å². The molecule has 2 aromatic rings. The number of aryl methyl sites for hydroxylation is 1. The predicted molar refractivity (Wildman–Crippen MR) is 77.5 cm³/mol. The van der Waals surface area contributed by atoms with Crippen LogP contribution in [0.2, 0.25) is 0 Å². The van der Waals surface area contributed by atoms with Crippen molar-refractivity contribution in [3.63, 3.8) is 0 Å². The highest BCUT2D eigenvalue weighted by atomic mass is 32.1. The Kier molecular flexibility index (Phi) is 4.18. The number of phenols is 1.